The Bertz CT molecular complexity index is 1160. The van der Waals surface area contributed by atoms with Crippen LogP contribution in [0, 0.1) is 11.8 Å². The second-order valence-corrected chi connectivity index (χ2v) is 11.8. The van der Waals surface area contributed by atoms with Crippen LogP contribution in [0.2, 0.25) is 0 Å². The number of hydrogen-bond acceptors (Lipinski definition) is 5. The summed E-state index contributed by atoms with van der Waals surface area (Å²) < 4.78 is 27.0. The maximum atomic E-state index is 12.9. The smallest absolute Gasteiger partial charge is 0.251 e. The van der Waals surface area contributed by atoms with Crippen LogP contribution in [0.3, 0.4) is 0 Å². The number of nitrogens with zero attached hydrogens (tertiary/aromatic N) is 2. The van der Waals surface area contributed by atoms with E-state index in [9.17, 15) is 18.0 Å². The lowest BCUT2D eigenvalue weighted by molar-refractivity contribution is -0.122. The lowest BCUT2D eigenvalue weighted by atomic mass is 9.91. The summed E-state index contributed by atoms with van der Waals surface area (Å²) >= 11 is 0. The minimum atomic E-state index is -3.85. The molecule has 4 rings (SSSR count). The maximum Gasteiger partial charge on any atom is 0.251 e. The number of carbonyl (C=O) groups excluding carboxylic acids is 2. The van der Waals surface area contributed by atoms with E-state index in [0.717, 1.165) is 41.3 Å². The van der Waals surface area contributed by atoms with Crippen LogP contribution in [0.15, 0.2) is 53.4 Å². The number of sulfonamides is 1. The molecule has 9 heteroatoms. The van der Waals surface area contributed by atoms with Crippen LogP contribution < -0.4 is 10.6 Å². The first-order chi connectivity index (χ1) is 16.7. The van der Waals surface area contributed by atoms with Gasteiger partial charge >= 0.3 is 0 Å². The van der Waals surface area contributed by atoms with Gasteiger partial charge in [-0.2, -0.15) is 4.31 Å². The monoisotopic (exact) mass is 498 g/mol. The number of piperidine rings is 1. The second-order valence-electron chi connectivity index (χ2n) is 9.86. The van der Waals surface area contributed by atoms with Crippen molar-refractivity contribution in [1.82, 2.24) is 19.8 Å². The maximum absolute atomic E-state index is 12.9. The van der Waals surface area contributed by atoms with E-state index >= 15 is 0 Å². The zero-order valence-corrected chi connectivity index (χ0v) is 21.2. The van der Waals surface area contributed by atoms with Gasteiger partial charge in [0.15, 0.2) is 0 Å². The highest BCUT2D eigenvalue weighted by atomic mass is 32.2. The minimum Gasteiger partial charge on any atom is -0.354 e. The number of hydrogen-bond donors (Lipinski definition) is 2. The first kappa shape index (κ1) is 25.3. The van der Waals surface area contributed by atoms with Gasteiger partial charge in [0.1, 0.15) is 0 Å². The number of likely N-dealkylation sites (tertiary alicyclic amines) is 1. The van der Waals surface area contributed by atoms with E-state index in [-0.39, 0.29) is 41.9 Å². The number of rotatable bonds is 7. The highest BCUT2D eigenvalue weighted by Gasteiger charge is 2.29. The van der Waals surface area contributed by atoms with Gasteiger partial charge in [0, 0.05) is 44.8 Å². The van der Waals surface area contributed by atoms with Gasteiger partial charge in [-0.15, -0.1) is 0 Å². The highest BCUT2D eigenvalue weighted by molar-refractivity contribution is 7.89. The Morgan fingerprint density at radius 3 is 2.43 bits per heavy atom. The van der Waals surface area contributed by atoms with Gasteiger partial charge in [-0.25, -0.2) is 8.42 Å². The van der Waals surface area contributed by atoms with Crippen molar-refractivity contribution in [2.75, 3.05) is 32.7 Å². The van der Waals surface area contributed by atoms with E-state index in [2.05, 4.69) is 41.5 Å². The lowest BCUT2D eigenvalue weighted by Crippen LogP contribution is -2.49. The average Bonchev–Trinajstić information content (AvgIpc) is 2.83. The van der Waals surface area contributed by atoms with Gasteiger partial charge in [0.2, 0.25) is 15.9 Å². The van der Waals surface area contributed by atoms with Crippen molar-refractivity contribution < 1.29 is 18.0 Å². The molecular formula is C26H34N4O4S. The molecule has 8 nitrogen and oxygen atoms in total. The Labute approximate surface area is 207 Å². The van der Waals surface area contributed by atoms with Crippen LogP contribution in [0.25, 0.3) is 0 Å². The molecule has 2 N–H and O–H groups in total. The average molecular weight is 499 g/mol. The summed E-state index contributed by atoms with van der Waals surface area (Å²) in [6.07, 6.45) is 1.29. The van der Waals surface area contributed by atoms with E-state index in [1.165, 1.54) is 24.1 Å². The summed E-state index contributed by atoms with van der Waals surface area (Å²) in [5.74, 6) is 0.765. The van der Waals surface area contributed by atoms with Gasteiger partial charge in [-0.1, -0.05) is 44.2 Å². The van der Waals surface area contributed by atoms with Crippen LogP contribution >= 0.6 is 0 Å². The fourth-order valence-corrected chi connectivity index (χ4v) is 6.44. The molecule has 2 atom stereocenters. The molecule has 0 radical (unpaired) electrons. The largest absolute Gasteiger partial charge is 0.354 e. The summed E-state index contributed by atoms with van der Waals surface area (Å²) in [5.41, 5.74) is 2.49. The molecular weight excluding hydrogens is 464 g/mol. The molecule has 35 heavy (non-hydrogen) atoms. The van der Waals surface area contributed by atoms with Crippen LogP contribution in [-0.2, 0) is 27.9 Å². The van der Waals surface area contributed by atoms with E-state index in [1.807, 2.05) is 12.1 Å². The van der Waals surface area contributed by atoms with Gasteiger partial charge in [0.25, 0.3) is 5.91 Å². The number of nitrogens with one attached hydrogen (secondary N) is 2. The molecule has 2 heterocycles. The molecule has 0 saturated carbocycles. The van der Waals surface area contributed by atoms with Gasteiger partial charge < -0.3 is 10.6 Å². The van der Waals surface area contributed by atoms with Gasteiger partial charge in [-0.3, -0.25) is 14.5 Å². The normalized spacial score (nSPS) is 21.9. The molecule has 2 aliphatic heterocycles. The molecule has 2 fully saturated rings. The van der Waals surface area contributed by atoms with Crippen molar-refractivity contribution in [2.45, 2.75) is 38.3 Å². The SMILES string of the molecule is CC1CC(C)CN(Cc2ccc(CNC(=O)c3cccc(S(=O)(=O)N4CCNC(=O)C4)c3)cc2)C1. The standard InChI is InChI=1S/C26H34N4O4S/c1-19-12-20(2)16-29(15-19)17-22-8-6-21(7-9-22)14-28-26(32)23-4-3-5-24(13-23)35(33,34)30-11-10-27-25(31)18-30/h3-9,13,19-20H,10-12,14-18H2,1-2H3,(H,27,31)(H,28,32). The number of amides is 2. The Morgan fingerprint density at radius 2 is 1.74 bits per heavy atom. The fraction of sp³-hybridized carbons (Fsp3) is 0.462. The molecule has 2 saturated heterocycles. The van der Waals surface area contributed by atoms with Gasteiger partial charge in [-0.05, 0) is 47.6 Å². The van der Waals surface area contributed by atoms with Crippen molar-refractivity contribution in [3.05, 3.63) is 65.2 Å². The third-order valence-electron chi connectivity index (χ3n) is 6.56. The van der Waals surface area contributed by atoms with Crippen molar-refractivity contribution in [3.8, 4) is 0 Å². The molecule has 0 aromatic heterocycles. The summed E-state index contributed by atoms with van der Waals surface area (Å²) in [6, 6.07) is 14.2. The molecule has 0 aliphatic carbocycles. The van der Waals surface area contributed by atoms with Crippen LogP contribution in [0.4, 0.5) is 0 Å². The van der Waals surface area contributed by atoms with Crippen LogP contribution in [0.5, 0.6) is 0 Å². The first-order valence-corrected chi connectivity index (χ1v) is 13.6. The summed E-state index contributed by atoms with van der Waals surface area (Å²) in [5, 5.41) is 5.48. The number of piperazine rings is 1. The highest BCUT2D eigenvalue weighted by Crippen LogP contribution is 2.23. The van der Waals surface area contributed by atoms with Crippen LogP contribution in [0.1, 0.15) is 41.8 Å². The summed E-state index contributed by atoms with van der Waals surface area (Å²) in [4.78, 5) is 26.8. The molecule has 2 amide bonds. The predicted octanol–water partition coefficient (Wildman–Crippen LogP) is 2.21. The van der Waals surface area contributed by atoms with E-state index in [0.29, 0.717) is 6.54 Å². The van der Waals surface area contributed by atoms with Crippen molar-refractivity contribution in [2.24, 2.45) is 11.8 Å². The van der Waals surface area contributed by atoms with E-state index in [1.54, 1.807) is 12.1 Å². The minimum absolute atomic E-state index is 0.00514. The van der Waals surface area contributed by atoms with E-state index in [4.69, 9.17) is 0 Å². The second kappa shape index (κ2) is 10.9. The number of carbonyl (C=O) groups is 2. The molecule has 2 aromatic rings. The molecule has 2 unspecified atom stereocenters. The van der Waals surface area contributed by atoms with Crippen molar-refractivity contribution in [1.29, 1.82) is 0 Å². The van der Waals surface area contributed by atoms with Crippen molar-refractivity contribution in [3.63, 3.8) is 0 Å². The molecule has 2 aromatic carbocycles. The topological polar surface area (TPSA) is 98.8 Å². The molecule has 2 aliphatic rings. The summed E-state index contributed by atoms with van der Waals surface area (Å²) in [7, 11) is -3.85. The third-order valence-corrected chi connectivity index (χ3v) is 8.41. The zero-order valence-electron chi connectivity index (χ0n) is 20.4. The van der Waals surface area contributed by atoms with Crippen LogP contribution in [-0.4, -0.2) is 62.2 Å². The first-order valence-electron chi connectivity index (χ1n) is 12.2. The molecule has 188 valence electrons. The molecule has 0 spiro atoms. The lowest BCUT2D eigenvalue weighted by Gasteiger charge is -2.35. The fourth-order valence-electron chi connectivity index (χ4n) is 4.99. The summed E-state index contributed by atoms with van der Waals surface area (Å²) in [6.45, 7) is 8.41. The quantitative estimate of drug-likeness (QED) is 0.610. The van der Waals surface area contributed by atoms with Gasteiger partial charge in [0.05, 0.1) is 11.4 Å². The molecule has 0 bridgehead atoms. The zero-order chi connectivity index (χ0) is 25.0. The van der Waals surface area contributed by atoms with E-state index < -0.39 is 10.0 Å². The Morgan fingerprint density at radius 1 is 1.06 bits per heavy atom. The Balaban J connectivity index is 1.34. The Kier molecular flexibility index (Phi) is 7.88. The van der Waals surface area contributed by atoms with Crippen molar-refractivity contribution >= 4 is 21.8 Å². The predicted molar refractivity (Wildman–Crippen MR) is 134 cm³/mol. The Hall–Kier alpha value is -2.75. The number of benzene rings is 2. The third kappa shape index (κ3) is 6.48.